The molecule has 1 saturated heterocycles. The SMILES string of the molecule is Cc1ccc2sc(N(CCCN3CCOCC3)C(=O)Cc3cccs3)nc2c1C.Cl. The number of nitrogens with zero attached hydrogens (tertiary/aromatic N) is 3. The molecule has 1 aliphatic rings. The molecule has 162 valence electrons. The molecule has 0 spiro atoms. The first kappa shape index (κ1) is 23.2. The summed E-state index contributed by atoms with van der Waals surface area (Å²) in [5.74, 6) is 0.128. The van der Waals surface area contributed by atoms with E-state index in [1.807, 2.05) is 22.4 Å². The highest BCUT2D eigenvalue weighted by atomic mass is 35.5. The van der Waals surface area contributed by atoms with Gasteiger partial charge in [-0.15, -0.1) is 23.7 Å². The Morgan fingerprint density at radius 3 is 2.77 bits per heavy atom. The predicted molar refractivity (Wildman–Crippen MR) is 129 cm³/mol. The van der Waals surface area contributed by atoms with Gasteiger partial charge in [-0.25, -0.2) is 4.98 Å². The number of hydrogen-bond donors (Lipinski definition) is 0. The molecule has 1 aliphatic heterocycles. The maximum absolute atomic E-state index is 13.2. The van der Waals surface area contributed by atoms with Crippen molar-refractivity contribution in [2.45, 2.75) is 26.7 Å². The summed E-state index contributed by atoms with van der Waals surface area (Å²) in [6, 6.07) is 8.28. The molecule has 4 rings (SSSR count). The Balaban J connectivity index is 0.00000256. The van der Waals surface area contributed by atoms with Crippen LogP contribution in [0.3, 0.4) is 0 Å². The molecule has 3 aromatic rings. The van der Waals surface area contributed by atoms with Gasteiger partial charge in [0.15, 0.2) is 5.13 Å². The molecule has 1 fully saturated rings. The average molecular weight is 466 g/mol. The standard InChI is InChI=1S/C22H27N3O2S2.ClH/c1-16-6-7-19-21(17(16)2)23-22(29-19)25(20(26)15-18-5-3-14-28-18)9-4-8-24-10-12-27-13-11-24;/h3,5-7,14H,4,8-13,15H2,1-2H3;1H. The molecule has 1 amide bonds. The van der Waals surface area contributed by atoms with Gasteiger partial charge in [-0.3, -0.25) is 14.6 Å². The number of morpholine rings is 1. The highest BCUT2D eigenvalue weighted by Gasteiger charge is 2.21. The van der Waals surface area contributed by atoms with Crippen LogP contribution < -0.4 is 4.90 Å². The molecule has 0 radical (unpaired) electrons. The van der Waals surface area contributed by atoms with E-state index < -0.39 is 0 Å². The minimum atomic E-state index is 0. The highest BCUT2D eigenvalue weighted by molar-refractivity contribution is 7.22. The van der Waals surface area contributed by atoms with Crippen LogP contribution in [0.15, 0.2) is 29.6 Å². The van der Waals surface area contributed by atoms with E-state index in [0.29, 0.717) is 13.0 Å². The van der Waals surface area contributed by atoms with Gasteiger partial charge >= 0.3 is 0 Å². The number of fused-ring (bicyclic) bond motifs is 1. The summed E-state index contributed by atoms with van der Waals surface area (Å²) in [6.07, 6.45) is 1.37. The molecule has 0 aliphatic carbocycles. The molecule has 2 aromatic heterocycles. The zero-order valence-electron chi connectivity index (χ0n) is 17.4. The number of hydrogen-bond acceptors (Lipinski definition) is 6. The first-order chi connectivity index (χ1) is 14.1. The van der Waals surface area contributed by atoms with E-state index in [-0.39, 0.29) is 18.3 Å². The van der Waals surface area contributed by atoms with Gasteiger partial charge in [0, 0.05) is 31.1 Å². The Morgan fingerprint density at radius 2 is 2.03 bits per heavy atom. The van der Waals surface area contributed by atoms with E-state index in [1.54, 1.807) is 22.7 Å². The molecule has 0 unspecified atom stereocenters. The van der Waals surface area contributed by atoms with Gasteiger partial charge < -0.3 is 4.74 Å². The van der Waals surface area contributed by atoms with Crippen molar-refractivity contribution in [3.63, 3.8) is 0 Å². The fraction of sp³-hybridized carbons (Fsp3) is 0.455. The molecule has 8 heteroatoms. The van der Waals surface area contributed by atoms with E-state index >= 15 is 0 Å². The molecule has 0 N–H and O–H groups in total. The normalized spacial score (nSPS) is 14.6. The van der Waals surface area contributed by atoms with Gasteiger partial charge in [0.1, 0.15) is 0 Å². The third-order valence-electron chi connectivity index (χ3n) is 5.47. The monoisotopic (exact) mass is 465 g/mol. The topological polar surface area (TPSA) is 45.7 Å². The van der Waals surface area contributed by atoms with Crippen LogP contribution in [0.2, 0.25) is 0 Å². The smallest absolute Gasteiger partial charge is 0.234 e. The number of anilines is 1. The lowest BCUT2D eigenvalue weighted by Gasteiger charge is -2.27. The number of amides is 1. The number of thiophene rings is 1. The quantitative estimate of drug-likeness (QED) is 0.507. The van der Waals surface area contributed by atoms with Crippen LogP contribution in [0.4, 0.5) is 5.13 Å². The number of ether oxygens (including phenoxy) is 1. The molecule has 5 nitrogen and oxygen atoms in total. The largest absolute Gasteiger partial charge is 0.379 e. The van der Waals surface area contributed by atoms with Crippen molar-refractivity contribution in [1.82, 2.24) is 9.88 Å². The second-order valence-corrected chi connectivity index (χ2v) is 9.50. The summed E-state index contributed by atoms with van der Waals surface area (Å²) in [5, 5.41) is 2.84. The van der Waals surface area contributed by atoms with Crippen molar-refractivity contribution in [2.75, 3.05) is 44.3 Å². The molecule has 30 heavy (non-hydrogen) atoms. The van der Waals surface area contributed by atoms with Crippen molar-refractivity contribution >= 4 is 56.3 Å². The lowest BCUT2D eigenvalue weighted by atomic mass is 10.1. The number of thiazole rings is 1. The minimum absolute atomic E-state index is 0. The van der Waals surface area contributed by atoms with E-state index in [9.17, 15) is 4.79 Å². The summed E-state index contributed by atoms with van der Waals surface area (Å²) in [6.45, 7) is 9.45. The van der Waals surface area contributed by atoms with Gasteiger partial charge in [0.2, 0.25) is 5.91 Å². The molecule has 0 bridgehead atoms. The summed E-state index contributed by atoms with van der Waals surface area (Å²) >= 11 is 3.25. The van der Waals surface area contributed by atoms with Crippen LogP contribution in [0.5, 0.6) is 0 Å². The summed E-state index contributed by atoms with van der Waals surface area (Å²) in [4.78, 5) is 23.5. The summed E-state index contributed by atoms with van der Waals surface area (Å²) in [5.41, 5.74) is 3.45. The first-order valence-corrected chi connectivity index (χ1v) is 11.8. The van der Waals surface area contributed by atoms with E-state index in [0.717, 1.165) is 59.5 Å². The molecule has 3 heterocycles. The van der Waals surface area contributed by atoms with Gasteiger partial charge in [0.05, 0.1) is 29.9 Å². The maximum Gasteiger partial charge on any atom is 0.234 e. The fourth-order valence-corrected chi connectivity index (χ4v) is 5.36. The van der Waals surface area contributed by atoms with Crippen LogP contribution in [-0.2, 0) is 16.0 Å². The van der Waals surface area contributed by atoms with Crippen molar-refractivity contribution < 1.29 is 9.53 Å². The first-order valence-electron chi connectivity index (χ1n) is 10.1. The average Bonchev–Trinajstić information content (AvgIpc) is 3.39. The summed E-state index contributed by atoms with van der Waals surface area (Å²) in [7, 11) is 0. The van der Waals surface area contributed by atoms with Crippen molar-refractivity contribution in [1.29, 1.82) is 0 Å². The highest BCUT2D eigenvalue weighted by Crippen LogP contribution is 2.32. The van der Waals surface area contributed by atoms with Gasteiger partial charge in [0.25, 0.3) is 0 Å². The molecular formula is C22H28ClN3O2S2. The third-order valence-corrected chi connectivity index (χ3v) is 7.39. The van der Waals surface area contributed by atoms with Gasteiger partial charge in [-0.1, -0.05) is 23.5 Å². The maximum atomic E-state index is 13.2. The van der Waals surface area contributed by atoms with Gasteiger partial charge in [-0.05, 0) is 48.9 Å². The lowest BCUT2D eigenvalue weighted by Crippen LogP contribution is -2.39. The number of rotatable bonds is 7. The molecule has 0 atom stereocenters. The number of halogens is 1. The number of aryl methyl sites for hydroxylation is 2. The van der Waals surface area contributed by atoms with Crippen molar-refractivity contribution in [2.24, 2.45) is 0 Å². The Labute approximate surface area is 192 Å². The van der Waals surface area contributed by atoms with Gasteiger partial charge in [-0.2, -0.15) is 0 Å². The number of carbonyl (C=O) groups excluding carboxylic acids is 1. The van der Waals surface area contributed by atoms with Crippen LogP contribution in [0.25, 0.3) is 10.2 Å². The molecule has 1 aromatic carbocycles. The van der Waals surface area contributed by atoms with Crippen LogP contribution in [-0.4, -0.2) is 55.2 Å². The van der Waals surface area contributed by atoms with Crippen LogP contribution >= 0.6 is 35.1 Å². The lowest BCUT2D eigenvalue weighted by molar-refractivity contribution is -0.118. The molecule has 0 saturated carbocycles. The second kappa shape index (κ2) is 10.7. The Morgan fingerprint density at radius 1 is 1.23 bits per heavy atom. The Kier molecular flexibility index (Phi) is 8.25. The van der Waals surface area contributed by atoms with E-state index in [1.165, 1.54) is 11.1 Å². The van der Waals surface area contributed by atoms with Crippen molar-refractivity contribution in [3.05, 3.63) is 45.6 Å². The number of aromatic nitrogens is 1. The number of carbonyl (C=O) groups is 1. The van der Waals surface area contributed by atoms with Crippen LogP contribution in [0, 0.1) is 13.8 Å². The second-order valence-electron chi connectivity index (χ2n) is 7.46. The predicted octanol–water partition coefficient (Wildman–Crippen LogP) is 4.69. The van der Waals surface area contributed by atoms with Crippen molar-refractivity contribution in [3.8, 4) is 0 Å². The van der Waals surface area contributed by atoms with Crippen LogP contribution in [0.1, 0.15) is 22.4 Å². The fourth-order valence-electron chi connectivity index (χ4n) is 3.59. The molecular weight excluding hydrogens is 438 g/mol. The number of benzene rings is 1. The van der Waals surface area contributed by atoms with E-state index in [4.69, 9.17) is 9.72 Å². The zero-order valence-corrected chi connectivity index (χ0v) is 19.9. The minimum Gasteiger partial charge on any atom is -0.379 e. The zero-order chi connectivity index (χ0) is 20.2. The Bertz CT molecular complexity index is 968. The van der Waals surface area contributed by atoms with E-state index in [2.05, 4.69) is 30.9 Å². The third kappa shape index (κ3) is 5.39. The Hall–Kier alpha value is -1.51. The summed E-state index contributed by atoms with van der Waals surface area (Å²) < 4.78 is 6.58.